The summed E-state index contributed by atoms with van der Waals surface area (Å²) in [4.78, 5) is 5.93. The summed E-state index contributed by atoms with van der Waals surface area (Å²) >= 11 is 0. The number of likely N-dealkylation sites (tertiary alicyclic amines) is 1. The summed E-state index contributed by atoms with van der Waals surface area (Å²) in [5, 5.41) is 6.33. The molecule has 138 valence electrons. The van der Waals surface area contributed by atoms with Gasteiger partial charge in [0, 0.05) is 39.9 Å². The van der Waals surface area contributed by atoms with Crippen molar-refractivity contribution in [3.8, 4) is 0 Å². The Morgan fingerprint density at radius 3 is 2.70 bits per heavy atom. The third kappa shape index (κ3) is 11.0. The van der Waals surface area contributed by atoms with Crippen molar-refractivity contribution in [1.82, 2.24) is 15.5 Å². The molecular formula is C14H28F3IN4O. The minimum atomic E-state index is -4.12. The van der Waals surface area contributed by atoms with E-state index < -0.39 is 12.7 Å². The lowest BCUT2D eigenvalue weighted by molar-refractivity contribution is -0.143. The van der Waals surface area contributed by atoms with Crippen LogP contribution in [0.15, 0.2) is 4.99 Å². The number of hydrogen-bond acceptors (Lipinski definition) is 3. The Morgan fingerprint density at radius 1 is 1.35 bits per heavy atom. The fourth-order valence-corrected chi connectivity index (χ4v) is 2.44. The summed E-state index contributed by atoms with van der Waals surface area (Å²) in [5.41, 5.74) is 0. The number of aliphatic imine (C=N–C) groups is 1. The number of guanidine groups is 1. The van der Waals surface area contributed by atoms with Gasteiger partial charge in [-0.05, 0) is 32.2 Å². The summed E-state index contributed by atoms with van der Waals surface area (Å²) in [7, 11) is 1.66. The SMILES string of the molecule is CCNC(=NCC1CCN(CC(F)(F)F)C1)NCCCOC.I. The Labute approximate surface area is 153 Å². The van der Waals surface area contributed by atoms with E-state index in [2.05, 4.69) is 15.6 Å². The second-order valence-corrected chi connectivity index (χ2v) is 5.50. The highest BCUT2D eigenvalue weighted by Crippen LogP contribution is 2.22. The summed E-state index contributed by atoms with van der Waals surface area (Å²) in [5.74, 6) is 0.907. The van der Waals surface area contributed by atoms with Gasteiger partial charge in [-0.2, -0.15) is 13.2 Å². The molecule has 1 rings (SSSR count). The maximum atomic E-state index is 12.4. The molecule has 0 saturated carbocycles. The molecule has 1 heterocycles. The Hall–Kier alpha value is -0.290. The lowest BCUT2D eigenvalue weighted by Gasteiger charge is -2.17. The van der Waals surface area contributed by atoms with Crippen molar-refractivity contribution in [2.75, 3.05) is 53.0 Å². The van der Waals surface area contributed by atoms with Crippen molar-refractivity contribution in [3.05, 3.63) is 0 Å². The van der Waals surface area contributed by atoms with Crippen LogP contribution in [0.2, 0.25) is 0 Å². The Morgan fingerprint density at radius 2 is 2.09 bits per heavy atom. The summed E-state index contributed by atoms with van der Waals surface area (Å²) in [6.45, 7) is 4.86. The van der Waals surface area contributed by atoms with Crippen LogP contribution in [-0.4, -0.2) is 70.0 Å². The summed E-state index contributed by atoms with van der Waals surface area (Å²) in [6.07, 6.45) is -2.47. The summed E-state index contributed by atoms with van der Waals surface area (Å²) in [6, 6.07) is 0. The van der Waals surface area contributed by atoms with Crippen molar-refractivity contribution in [3.63, 3.8) is 0 Å². The summed E-state index contributed by atoms with van der Waals surface area (Å²) < 4.78 is 42.0. The van der Waals surface area contributed by atoms with Crippen molar-refractivity contribution < 1.29 is 17.9 Å². The molecule has 2 N–H and O–H groups in total. The first-order valence-corrected chi connectivity index (χ1v) is 7.74. The molecule has 0 aromatic heterocycles. The standard InChI is InChI=1S/C14H27F3N4O.HI/c1-3-18-13(19-6-4-8-22-2)20-9-12-5-7-21(10-12)11-14(15,16)17;/h12H,3-11H2,1-2H3,(H2,18,19,20);1H. The first kappa shape index (κ1) is 22.7. The Kier molecular flexibility index (Phi) is 12.0. The average molecular weight is 452 g/mol. The van der Waals surface area contributed by atoms with E-state index in [1.54, 1.807) is 7.11 Å². The van der Waals surface area contributed by atoms with E-state index >= 15 is 0 Å². The van der Waals surface area contributed by atoms with Gasteiger partial charge in [-0.15, -0.1) is 24.0 Å². The minimum Gasteiger partial charge on any atom is -0.385 e. The van der Waals surface area contributed by atoms with Crippen LogP contribution in [-0.2, 0) is 4.74 Å². The molecule has 1 fully saturated rings. The average Bonchev–Trinajstić information content (AvgIpc) is 2.86. The van der Waals surface area contributed by atoms with Crippen LogP contribution in [0.3, 0.4) is 0 Å². The normalized spacial score (nSPS) is 19.5. The topological polar surface area (TPSA) is 48.9 Å². The van der Waals surface area contributed by atoms with Gasteiger partial charge in [0.15, 0.2) is 5.96 Å². The minimum absolute atomic E-state index is 0. The molecule has 0 spiro atoms. The van der Waals surface area contributed by atoms with Gasteiger partial charge < -0.3 is 15.4 Å². The highest BCUT2D eigenvalue weighted by molar-refractivity contribution is 14.0. The molecule has 0 aliphatic carbocycles. The van der Waals surface area contributed by atoms with E-state index in [4.69, 9.17) is 4.74 Å². The molecule has 1 aliphatic heterocycles. The van der Waals surface area contributed by atoms with Gasteiger partial charge in [-0.1, -0.05) is 0 Å². The van der Waals surface area contributed by atoms with Gasteiger partial charge in [0.25, 0.3) is 0 Å². The van der Waals surface area contributed by atoms with Gasteiger partial charge in [-0.25, -0.2) is 0 Å². The van der Waals surface area contributed by atoms with Crippen molar-refractivity contribution in [1.29, 1.82) is 0 Å². The van der Waals surface area contributed by atoms with E-state index in [1.807, 2.05) is 6.92 Å². The Balaban J connectivity index is 0.00000484. The predicted octanol–water partition coefficient (Wildman–Crippen LogP) is 2.08. The van der Waals surface area contributed by atoms with Crippen LogP contribution in [0.25, 0.3) is 0 Å². The van der Waals surface area contributed by atoms with Gasteiger partial charge in [0.1, 0.15) is 0 Å². The van der Waals surface area contributed by atoms with Crippen molar-refractivity contribution >= 4 is 29.9 Å². The first-order valence-electron chi connectivity index (χ1n) is 7.74. The van der Waals surface area contributed by atoms with E-state index in [-0.39, 0.29) is 29.9 Å². The molecule has 1 saturated heterocycles. The van der Waals surface area contributed by atoms with E-state index in [0.717, 1.165) is 25.9 Å². The van der Waals surface area contributed by atoms with Crippen LogP contribution in [0.4, 0.5) is 13.2 Å². The maximum absolute atomic E-state index is 12.4. The predicted molar refractivity (Wildman–Crippen MR) is 96.5 cm³/mol. The number of nitrogens with zero attached hydrogens (tertiary/aromatic N) is 2. The number of alkyl halides is 3. The first-order chi connectivity index (χ1) is 10.4. The lowest BCUT2D eigenvalue weighted by Crippen LogP contribution is -2.38. The van der Waals surface area contributed by atoms with E-state index in [1.165, 1.54) is 4.90 Å². The van der Waals surface area contributed by atoms with Crippen LogP contribution >= 0.6 is 24.0 Å². The number of rotatable bonds is 8. The number of halogens is 4. The molecule has 5 nitrogen and oxygen atoms in total. The lowest BCUT2D eigenvalue weighted by atomic mass is 10.1. The Bertz CT molecular complexity index is 342. The van der Waals surface area contributed by atoms with Gasteiger partial charge >= 0.3 is 6.18 Å². The zero-order chi connectivity index (χ0) is 16.4. The van der Waals surface area contributed by atoms with Crippen LogP contribution in [0.1, 0.15) is 19.8 Å². The van der Waals surface area contributed by atoms with Gasteiger partial charge in [0.2, 0.25) is 0 Å². The molecule has 0 amide bonds. The smallest absolute Gasteiger partial charge is 0.385 e. The highest BCUT2D eigenvalue weighted by Gasteiger charge is 2.34. The van der Waals surface area contributed by atoms with Crippen LogP contribution < -0.4 is 10.6 Å². The molecule has 1 unspecified atom stereocenters. The molecule has 23 heavy (non-hydrogen) atoms. The second-order valence-electron chi connectivity index (χ2n) is 5.50. The zero-order valence-electron chi connectivity index (χ0n) is 13.8. The highest BCUT2D eigenvalue weighted by atomic mass is 127. The van der Waals surface area contributed by atoms with Crippen molar-refractivity contribution in [2.45, 2.75) is 25.9 Å². The molecule has 1 aliphatic rings. The molecular weight excluding hydrogens is 424 g/mol. The molecule has 0 aromatic rings. The van der Waals surface area contributed by atoms with Gasteiger partial charge in [0.05, 0.1) is 6.54 Å². The fraction of sp³-hybridized carbons (Fsp3) is 0.929. The maximum Gasteiger partial charge on any atom is 0.401 e. The largest absolute Gasteiger partial charge is 0.401 e. The second kappa shape index (κ2) is 12.1. The third-order valence-corrected chi connectivity index (χ3v) is 3.44. The van der Waals surface area contributed by atoms with E-state index in [0.29, 0.717) is 32.2 Å². The fourth-order valence-electron chi connectivity index (χ4n) is 2.44. The molecule has 0 radical (unpaired) electrons. The van der Waals surface area contributed by atoms with Crippen molar-refractivity contribution in [2.24, 2.45) is 10.9 Å². The van der Waals surface area contributed by atoms with Crippen LogP contribution in [0, 0.1) is 5.92 Å². The number of ether oxygens (including phenoxy) is 1. The van der Waals surface area contributed by atoms with E-state index in [9.17, 15) is 13.2 Å². The number of methoxy groups -OCH3 is 1. The number of nitrogens with one attached hydrogen (secondary N) is 2. The molecule has 0 bridgehead atoms. The van der Waals surface area contributed by atoms with Crippen LogP contribution in [0.5, 0.6) is 0 Å². The zero-order valence-corrected chi connectivity index (χ0v) is 16.1. The number of hydrogen-bond donors (Lipinski definition) is 2. The van der Waals surface area contributed by atoms with Gasteiger partial charge in [-0.3, -0.25) is 9.89 Å². The third-order valence-electron chi connectivity index (χ3n) is 3.44. The molecule has 1 atom stereocenters. The molecule has 0 aromatic carbocycles. The molecule has 9 heteroatoms. The quantitative estimate of drug-likeness (QED) is 0.256. The monoisotopic (exact) mass is 452 g/mol.